The van der Waals surface area contributed by atoms with Gasteiger partial charge < -0.3 is 14.7 Å². The molecule has 0 radical (unpaired) electrons. The summed E-state index contributed by atoms with van der Waals surface area (Å²) in [6.07, 6.45) is 4.95. The summed E-state index contributed by atoms with van der Waals surface area (Å²) in [6.45, 7) is 19.3. The maximum absolute atomic E-state index is 2.86. The lowest BCUT2D eigenvalue weighted by molar-refractivity contribution is 0.195. The lowest BCUT2D eigenvalue weighted by atomic mass is 9.33. The molecule has 0 amide bonds. The van der Waals surface area contributed by atoms with Crippen LogP contribution in [0.25, 0.3) is 21.9 Å². The Labute approximate surface area is 392 Å². The SMILES string of the molecule is CC(C)(C)c1ccc(N(c2cccc(-c3ccc4ccccc4c3)c2)c2ccc3c(c2)N(c2ccccc2)c2cc(C(C)(C)C)cc4c2B3c2cccc3c2N4C2(C)CCCCC32C)cc1. The first kappa shape index (κ1) is 41.0. The minimum Gasteiger partial charge on any atom is -0.335 e. The average molecular weight is 858 g/mol. The van der Waals surface area contributed by atoms with Crippen LogP contribution in [0.3, 0.4) is 0 Å². The molecule has 66 heavy (non-hydrogen) atoms. The molecule has 0 spiro atoms. The van der Waals surface area contributed by atoms with Gasteiger partial charge in [0.05, 0.1) is 5.54 Å². The first-order chi connectivity index (χ1) is 31.7. The first-order valence-corrected chi connectivity index (χ1v) is 24.3. The smallest absolute Gasteiger partial charge is 0.252 e. The van der Waals surface area contributed by atoms with Crippen LogP contribution < -0.4 is 31.1 Å². The third kappa shape index (κ3) is 6.02. The minimum absolute atomic E-state index is 0.0227. The van der Waals surface area contributed by atoms with Gasteiger partial charge in [-0.1, -0.05) is 164 Å². The van der Waals surface area contributed by atoms with Crippen LogP contribution in [0.2, 0.25) is 0 Å². The van der Waals surface area contributed by atoms with Crippen LogP contribution >= 0.6 is 0 Å². The highest BCUT2D eigenvalue weighted by Gasteiger charge is 2.61. The number of anilines is 8. The zero-order chi connectivity index (χ0) is 45.3. The molecule has 2 unspecified atom stereocenters. The van der Waals surface area contributed by atoms with Crippen molar-refractivity contribution in [3.05, 3.63) is 187 Å². The van der Waals surface area contributed by atoms with E-state index in [1.165, 1.54) is 109 Å². The molecule has 0 aromatic heterocycles. The van der Waals surface area contributed by atoms with Crippen molar-refractivity contribution in [2.45, 2.75) is 103 Å². The molecule has 0 saturated heterocycles. The molecule has 0 bridgehead atoms. The maximum Gasteiger partial charge on any atom is 0.252 e. The lowest BCUT2D eigenvalue weighted by Crippen LogP contribution is -2.64. The molecule has 0 N–H and O–H groups in total. The van der Waals surface area contributed by atoms with Crippen molar-refractivity contribution in [1.82, 2.24) is 0 Å². The van der Waals surface area contributed by atoms with Crippen LogP contribution in [-0.4, -0.2) is 12.3 Å². The molecule has 3 nitrogen and oxygen atoms in total. The summed E-state index contributed by atoms with van der Waals surface area (Å²) in [5.74, 6) is 0. The summed E-state index contributed by atoms with van der Waals surface area (Å²) in [6, 6.07) is 64.8. The second-order valence-electron chi connectivity index (χ2n) is 22.2. The van der Waals surface area contributed by atoms with E-state index in [-0.39, 0.29) is 28.5 Å². The van der Waals surface area contributed by atoms with Gasteiger partial charge in [0.2, 0.25) is 0 Å². The Kier molecular flexibility index (Phi) is 8.99. The summed E-state index contributed by atoms with van der Waals surface area (Å²) in [5, 5.41) is 2.51. The van der Waals surface area contributed by atoms with Gasteiger partial charge in [-0.2, -0.15) is 0 Å². The second-order valence-corrected chi connectivity index (χ2v) is 22.2. The predicted octanol–water partition coefficient (Wildman–Crippen LogP) is 14.9. The Morgan fingerprint density at radius 3 is 1.94 bits per heavy atom. The minimum atomic E-state index is -0.0616. The number of rotatable bonds is 5. The van der Waals surface area contributed by atoms with E-state index in [0.29, 0.717) is 0 Å². The third-order valence-electron chi connectivity index (χ3n) is 16.3. The van der Waals surface area contributed by atoms with Crippen LogP contribution in [-0.2, 0) is 16.2 Å². The largest absolute Gasteiger partial charge is 0.335 e. The summed E-state index contributed by atoms with van der Waals surface area (Å²) in [5.41, 5.74) is 20.9. The van der Waals surface area contributed by atoms with Gasteiger partial charge in [-0.15, -0.1) is 0 Å². The number of fused-ring (bicyclic) bond motifs is 8. The van der Waals surface area contributed by atoms with E-state index in [4.69, 9.17) is 0 Å². The molecular weight excluding hydrogens is 798 g/mol. The molecular formula is C62H60BN3. The van der Waals surface area contributed by atoms with E-state index in [0.717, 1.165) is 17.1 Å². The molecule has 2 atom stereocenters. The number of para-hydroxylation sites is 2. The summed E-state index contributed by atoms with van der Waals surface area (Å²) < 4.78 is 0. The third-order valence-corrected chi connectivity index (χ3v) is 16.3. The standard InChI is InChI=1S/C62H60BN3/c1-59(2,3)45-28-30-48(31-29-45)64(49-23-16-20-43(37-49)44-27-26-41-18-12-13-19-42(41)36-44)50-32-33-52-54(40-50)65(47-21-10-9-11-22-47)55-38-46(60(4,5)6)39-56-57(55)63(52)53-25-17-24-51-58(53)66(56)62(8)35-15-14-34-61(51,62)7/h9-13,16-33,36-40H,14-15,34-35H2,1-8H3. The van der Waals surface area contributed by atoms with Crippen molar-refractivity contribution < 1.29 is 0 Å². The van der Waals surface area contributed by atoms with Crippen molar-refractivity contribution in [1.29, 1.82) is 0 Å². The highest BCUT2D eigenvalue weighted by molar-refractivity contribution is 7.00. The monoisotopic (exact) mass is 857 g/mol. The van der Waals surface area contributed by atoms with Crippen LogP contribution in [0, 0.1) is 0 Å². The Balaban J connectivity index is 1.11. The van der Waals surface area contributed by atoms with Crippen molar-refractivity contribution in [2.24, 2.45) is 0 Å². The molecule has 12 rings (SSSR count). The van der Waals surface area contributed by atoms with Gasteiger partial charge in [0, 0.05) is 50.9 Å². The van der Waals surface area contributed by atoms with E-state index in [1.54, 1.807) is 0 Å². The Morgan fingerprint density at radius 2 is 1.17 bits per heavy atom. The Bertz CT molecular complexity index is 3230. The van der Waals surface area contributed by atoms with Gasteiger partial charge in [-0.25, -0.2) is 0 Å². The number of hydrogen-bond acceptors (Lipinski definition) is 3. The fraction of sp³-hybridized carbons (Fsp3) is 0.258. The van der Waals surface area contributed by atoms with E-state index < -0.39 is 0 Å². The molecule has 4 heteroatoms. The van der Waals surface area contributed by atoms with E-state index in [1.807, 2.05) is 0 Å². The second kappa shape index (κ2) is 14.5. The van der Waals surface area contributed by atoms with Crippen LogP contribution in [0.15, 0.2) is 170 Å². The highest BCUT2D eigenvalue weighted by atomic mass is 15.3. The average Bonchev–Trinajstić information content (AvgIpc) is 3.53. The Hall–Kier alpha value is -6.52. The zero-order valence-electron chi connectivity index (χ0n) is 39.9. The van der Waals surface area contributed by atoms with Crippen molar-refractivity contribution in [3.63, 3.8) is 0 Å². The molecule has 326 valence electrons. The first-order valence-electron chi connectivity index (χ1n) is 24.3. The van der Waals surface area contributed by atoms with Gasteiger partial charge in [0.25, 0.3) is 6.71 Å². The molecule has 3 aliphatic heterocycles. The van der Waals surface area contributed by atoms with E-state index in [2.05, 4.69) is 240 Å². The highest BCUT2D eigenvalue weighted by Crippen LogP contribution is 2.62. The van der Waals surface area contributed by atoms with Crippen LogP contribution in [0.5, 0.6) is 0 Å². The van der Waals surface area contributed by atoms with Crippen molar-refractivity contribution in [3.8, 4) is 11.1 Å². The zero-order valence-corrected chi connectivity index (χ0v) is 39.9. The number of hydrogen-bond donors (Lipinski definition) is 0. The number of benzene rings is 8. The summed E-state index contributed by atoms with van der Waals surface area (Å²) in [4.78, 5) is 7.93. The van der Waals surface area contributed by atoms with Crippen LogP contribution in [0.4, 0.5) is 45.5 Å². The van der Waals surface area contributed by atoms with Gasteiger partial charge in [0.15, 0.2) is 0 Å². The molecule has 4 aliphatic rings. The molecule has 1 fully saturated rings. The molecule has 3 heterocycles. The topological polar surface area (TPSA) is 9.72 Å². The van der Waals surface area contributed by atoms with E-state index in [9.17, 15) is 0 Å². The van der Waals surface area contributed by atoms with Gasteiger partial charge >= 0.3 is 0 Å². The molecule has 1 saturated carbocycles. The Morgan fingerprint density at radius 1 is 0.500 bits per heavy atom. The number of nitrogens with zero attached hydrogens (tertiary/aromatic N) is 3. The van der Waals surface area contributed by atoms with Gasteiger partial charge in [-0.05, 0) is 152 Å². The maximum atomic E-state index is 2.86. The van der Waals surface area contributed by atoms with E-state index >= 15 is 0 Å². The molecule has 8 aromatic carbocycles. The lowest BCUT2D eigenvalue weighted by Gasteiger charge is -2.53. The summed E-state index contributed by atoms with van der Waals surface area (Å²) >= 11 is 0. The fourth-order valence-corrected chi connectivity index (χ4v) is 12.4. The summed E-state index contributed by atoms with van der Waals surface area (Å²) in [7, 11) is 0. The normalized spacial score (nSPS) is 19.3. The fourth-order valence-electron chi connectivity index (χ4n) is 12.4. The molecule has 8 aromatic rings. The van der Waals surface area contributed by atoms with Crippen molar-refractivity contribution >= 4 is 79.4 Å². The molecule has 1 aliphatic carbocycles. The van der Waals surface area contributed by atoms with Crippen LogP contribution in [0.1, 0.15) is 97.8 Å². The quantitative estimate of drug-likeness (QED) is 0.160. The van der Waals surface area contributed by atoms with Crippen molar-refractivity contribution in [2.75, 3.05) is 14.7 Å². The van der Waals surface area contributed by atoms with Gasteiger partial charge in [-0.3, -0.25) is 0 Å². The van der Waals surface area contributed by atoms with Gasteiger partial charge in [0.1, 0.15) is 0 Å². The predicted molar refractivity (Wildman–Crippen MR) is 284 cm³/mol.